The minimum Gasteiger partial charge on any atom is -0.342 e. The van der Waals surface area contributed by atoms with Gasteiger partial charge in [-0.2, -0.15) is 5.10 Å². The maximum absolute atomic E-state index is 12.1. The highest BCUT2D eigenvalue weighted by Gasteiger charge is 2.22. The van der Waals surface area contributed by atoms with Crippen molar-refractivity contribution in [3.05, 3.63) is 18.0 Å². The fraction of sp³-hybridized carbons (Fsp3) is 0.714. The predicted molar refractivity (Wildman–Crippen MR) is 80.7 cm³/mol. The van der Waals surface area contributed by atoms with Crippen molar-refractivity contribution in [2.45, 2.75) is 39.2 Å². The minimum atomic E-state index is -3.38. The second-order valence-electron chi connectivity index (χ2n) is 5.67. The van der Waals surface area contributed by atoms with Crippen molar-refractivity contribution in [2.24, 2.45) is 0 Å². The van der Waals surface area contributed by atoms with Crippen LogP contribution in [-0.4, -0.2) is 53.6 Å². The van der Waals surface area contributed by atoms with Crippen molar-refractivity contribution in [3.63, 3.8) is 0 Å². The summed E-state index contributed by atoms with van der Waals surface area (Å²) in [6.45, 7) is 3.57. The number of carbonyl (C=O) groups excluding carboxylic acids is 1. The molecule has 1 aromatic heterocycles. The molecule has 0 unspecified atom stereocenters. The molecular formula is C14H23N3O3S. The van der Waals surface area contributed by atoms with Crippen LogP contribution in [0.25, 0.3) is 0 Å². The summed E-state index contributed by atoms with van der Waals surface area (Å²) in [6, 6.07) is 0. The number of aryl methyl sites for hydroxylation is 2. The SMILES string of the molecule is Cc1cnn(CCS(=O)(=O)CC(=O)N2CCCCCC2)c1. The fourth-order valence-electron chi connectivity index (χ4n) is 2.49. The van der Waals surface area contributed by atoms with Crippen LogP contribution >= 0.6 is 0 Å². The highest BCUT2D eigenvalue weighted by atomic mass is 32.2. The Hall–Kier alpha value is -1.37. The van der Waals surface area contributed by atoms with Crippen LogP contribution < -0.4 is 0 Å². The summed E-state index contributed by atoms with van der Waals surface area (Å²) in [6.07, 6.45) is 7.67. The Morgan fingerprint density at radius 1 is 1.24 bits per heavy atom. The molecule has 0 atom stereocenters. The number of hydrogen-bond acceptors (Lipinski definition) is 4. The van der Waals surface area contributed by atoms with Crippen LogP contribution in [0.2, 0.25) is 0 Å². The molecule has 0 radical (unpaired) electrons. The zero-order chi connectivity index (χ0) is 15.3. The lowest BCUT2D eigenvalue weighted by Gasteiger charge is -2.20. The van der Waals surface area contributed by atoms with Crippen LogP contribution in [0.3, 0.4) is 0 Å². The predicted octanol–water partition coefficient (Wildman–Crippen LogP) is 1.01. The number of nitrogens with zero attached hydrogens (tertiary/aromatic N) is 3. The second-order valence-corrected chi connectivity index (χ2v) is 7.85. The number of aromatic nitrogens is 2. The van der Waals surface area contributed by atoms with Crippen molar-refractivity contribution in [3.8, 4) is 0 Å². The zero-order valence-corrected chi connectivity index (χ0v) is 13.3. The van der Waals surface area contributed by atoms with E-state index in [4.69, 9.17) is 0 Å². The molecule has 1 aliphatic rings. The second kappa shape index (κ2) is 7.06. The van der Waals surface area contributed by atoms with E-state index in [0.717, 1.165) is 31.2 Å². The van der Waals surface area contributed by atoms with Crippen molar-refractivity contribution < 1.29 is 13.2 Å². The maximum atomic E-state index is 12.1. The van der Waals surface area contributed by atoms with Gasteiger partial charge < -0.3 is 4.90 Å². The highest BCUT2D eigenvalue weighted by molar-refractivity contribution is 7.92. The topological polar surface area (TPSA) is 72.3 Å². The third kappa shape index (κ3) is 5.15. The van der Waals surface area contributed by atoms with Gasteiger partial charge in [-0.1, -0.05) is 12.8 Å². The standard InChI is InChI=1S/C14H23N3O3S/c1-13-10-15-17(11-13)8-9-21(19,20)12-14(18)16-6-4-2-3-5-7-16/h10-11H,2-9,12H2,1H3. The first-order valence-corrected chi connectivity index (χ1v) is 9.26. The van der Waals surface area contributed by atoms with Crippen LogP contribution in [0.5, 0.6) is 0 Å². The summed E-state index contributed by atoms with van der Waals surface area (Å²) < 4.78 is 25.7. The van der Waals surface area contributed by atoms with E-state index >= 15 is 0 Å². The minimum absolute atomic E-state index is 0.0479. The molecule has 2 rings (SSSR count). The number of likely N-dealkylation sites (tertiary alicyclic amines) is 1. The van der Waals surface area contributed by atoms with Crippen molar-refractivity contribution in [2.75, 3.05) is 24.6 Å². The van der Waals surface area contributed by atoms with E-state index < -0.39 is 9.84 Å². The van der Waals surface area contributed by atoms with E-state index in [1.165, 1.54) is 0 Å². The lowest BCUT2D eigenvalue weighted by molar-refractivity contribution is -0.128. The highest BCUT2D eigenvalue weighted by Crippen LogP contribution is 2.10. The van der Waals surface area contributed by atoms with Gasteiger partial charge in [0.15, 0.2) is 9.84 Å². The molecule has 7 heteroatoms. The summed E-state index contributed by atoms with van der Waals surface area (Å²) in [7, 11) is -3.38. The van der Waals surface area contributed by atoms with Gasteiger partial charge in [0.05, 0.1) is 18.5 Å². The van der Waals surface area contributed by atoms with E-state index in [1.54, 1.807) is 22.0 Å². The molecule has 0 aliphatic carbocycles. The van der Waals surface area contributed by atoms with Gasteiger partial charge in [-0.3, -0.25) is 9.48 Å². The van der Waals surface area contributed by atoms with Gasteiger partial charge in [0.2, 0.25) is 5.91 Å². The average Bonchev–Trinajstić information content (AvgIpc) is 2.67. The number of hydrogen-bond donors (Lipinski definition) is 0. The molecule has 2 heterocycles. The van der Waals surface area contributed by atoms with Crippen LogP contribution in [0.4, 0.5) is 0 Å². The molecular weight excluding hydrogens is 290 g/mol. The molecule has 21 heavy (non-hydrogen) atoms. The summed E-state index contributed by atoms with van der Waals surface area (Å²) in [5.74, 6) is -0.686. The van der Waals surface area contributed by atoms with Gasteiger partial charge in [0.1, 0.15) is 5.75 Å². The van der Waals surface area contributed by atoms with E-state index in [-0.39, 0.29) is 17.4 Å². The molecule has 1 saturated heterocycles. The molecule has 1 aromatic rings. The summed E-state index contributed by atoms with van der Waals surface area (Å²) in [4.78, 5) is 13.8. The van der Waals surface area contributed by atoms with Crippen LogP contribution in [-0.2, 0) is 21.2 Å². The average molecular weight is 313 g/mol. The smallest absolute Gasteiger partial charge is 0.237 e. The van der Waals surface area contributed by atoms with E-state index in [1.807, 2.05) is 6.92 Å². The largest absolute Gasteiger partial charge is 0.342 e. The Morgan fingerprint density at radius 3 is 2.48 bits per heavy atom. The van der Waals surface area contributed by atoms with E-state index in [9.17, 15) is 13.2 Å². The fourth-order valence-corrected chi connectivity index (χ4v) is 3.66. The molecule has 0 aromatic carbocycles. The van der Waals surface area contributed by atoms with Crippen molar-refractivity contribution in [1.82, 2.24) is 14.7 Å². The number of amides is 1. The van der Waals surface area contributed by atoms with Crippen LogP contribution in [0, 0.1) is 6.92 Å². The molecule has 1 fully saturated rings. The van der Waals surface area contributed by atoms with Crippen molar-refractivity contribution in [1.29, 1.82) is 0 Å². The Labute approximate surface area is 126 Å². The van der Waals surface area contributed by atoms with Gasteiger partial charge in [-0.05, 0) is 25.3 Å². The molecule has 0 spiro atoms. The number of sulfone groups is 1. The Balaban J connectivity index is 1.86. The first-order chi connectivity index (χ1) is 9.96. The number of rotatable bonds is 5. The lowest BCUT2D eigenvalue weighted by atomic mass is 10.2. The molecule has 1 aliphatic heterocycles. The quantitative estimate of drug-likeness (QED) is 0.813. The Bertz CT molecular complexity index is 572. The third-order valence-corrected chi connectivity index (χ3v) is 5.19. The third-order valence-electron chi connectivity index (χ3n) is 3.70. The van der Waals surface area contributed by atoms with Gasteiger partial charge >= 0.3 is 0 Å². The van der Waals surface area contributed by atoms with Gasteiger partial charge in [-0.15, -0.1) is 0 Å². The van der Waals surface area contributed by atoms with Crippen LogP contribution in [0.1, 0.15) is 31.2 Å². The summed E-state index contributed by atoms with van der Waals surface area (Å²) in [5.41, 5.74) is 0.994. The maximum Gasteiger partial charge on any atom is 0.237 e. The summed E-state index contributed by atoms with van der Waals surface area (Å²) in [5, 5.41) is 4.06. The Kier molecular flexibility index (Phi) is 5.39. The van der Waals surface area contributed by atoms with Gasteiger partial charge in [0, 0.05) is 19.3 Å². The molecule has 118 valence electrons. The normalized spacial score (nSPS) is 16.7. The van der Waals surface area contributed by atoms with E-state index in [0.29, 0.717) is 19.6 Å². The Morgan fingerprint density at radius 2 is 1.90 bits per heavy atom. The molecule has 6 nitrogen and oxygen atoms in total. The first-order valence-electron chi connectivity index (χ1n) is 7.43. The lowest BCUT2D eigenvalue weighted by Crippen LogP contribution is -2.37. The molecule has 1 amide bonds. The van der Waals surface area contributed by atoms with Crippen LogP contribution in [0.15, 0.2) is 12.4 Å². The summed E-state index contributed by atoms with van der Waals surface area (Å²) >= 11 is 0. The molecule has 0 N–H and O–H groups in total. The number of carbonyl (C=O) groups is 1. The zero-order valence-electron chi connectivity index (χ0n) is 12.5. The molecule has 0 bridgehead atoms. The monoisotopic (exact) mass is 313 g/mol. The van der Waals surface area contributed by atoms with Crippen molar-refractivity contribution >= 4 is 15.7 Å². The molecule has 0 saturated carbocycles. The van der Waals surface area contributed by atoms with Gasteiger partial charge in [-0.25, -0.2) is 8.42 Å². The van der Waals surface area contributed by atoms with E-state index in [2.05, 4.69) is 5.10 Å². The first kappa shape index (κ1) is 16.0. The van der Waals surface area contributed by atoms with Gasteiger partial charge in [0.25, 0.3) is 0 Å².